The lowest BCUT2D eigenvalue weighted by Gasteiger charge is -2.11. The van der Waals surface area contributed by atoms with Crippen molar-refractivity contribution in [3.05, 3.63) is 94.6 Å². The summed E-state index contributed by atoms with van der Waals surface area (Å²) in [7, 11) is 0. The first-order valence-electron chi connectivity index (χ1n) is 9.64. The van der Waals surface area contributed by atoms with Gasteiger partial charge in [-0.25, -0.2) is 14.1 Å². The summed E-state index contributed by atoms with van der Waals surface area (Å²) < 4.78 is 20.2. The van der Waals surface area contributed by atoms with Gasteiger partial charge in [0.05, 0.1) is 30.7 Å². The fourth-order valence-corrected chi connectivity index (χ4v) is 3.51. The van der Waals surface area contributed by atoms with Crippen molar-refractivity contribution in [3.63, 3.8) is 0 Å². The van der Waals surface area contributed by atoms with E-state index in [0.29, 0.717) is 25.6 Å². The zero-order chi connectivity index (χ0) is 20.6. The van der Waals surface area contributed by atoms with Gasteiger partial charge < -0.3 is 15.1 Å². The van der Waals surface area contributed by atoms with E-state index >= 15 is 0 Å². The van der Waals surface area contributed by atoms with Crippen LogP contribution in [-0.4, -0.2) is 22.3 Å². The zero-order valence-corrected chi connectivity index (χ0v) is 17.1. The predicted molar refractivity (Wildman–Crippen MR) is 116 cm³/mol. The van der Waals surface area contributed by atoms with Gasteiger partial charge in [0.2, 0.25) is 0 Å². The lowest BCUT2D eigenvalue weighted by molar-refractivity contribution is 0.506. The summed E-state index contributed by atoms with van der Waals surface area (Å²) in [6.45, 7) is 1.83. The summed E-state index contributed by atoms with van der Waals surface area (Å²) in [6.07, 6.45) is 4.30. The van der Waals surface area contributed by atoms with Gasteiger partial charge in [-0.05, 0) is 53.9 Å². The van der Waals surface area contributed by atoms with E-state index in [4.69, 9.17) is 4.42 Å². The molecule has 0 fully saturated rings. The number of rotatable bonds is 8. The summed E-state index contributed by atoms with van der Waals surface area (Å²) in [4.78, 5) is 5.90. The maximum absolute atomic E-state index is 13.1. The largest absolute Gasteiger partial charge is 0.469 e. The number of furan rings is 1. The molecular weight excluding hydrogens is 401 g/mol. The van der Waals surface area contributed by atoms with Gasteiger partial charge in [-0.2, -0.15) is 5.10 Å². The van der Waals surface area contributed by atoms with Crippen molar-refractivity contribution in [2.45, 2.75) is 19.5 Å². The van der Waals surface area contributed by atoms with Crippen LogP contribution in [0.2, 0.25) is 0 Å². The highest BCUT2D eigenvalue weighted by molar-refractivity contribution is 7.09. The molecule has 4 aromatic rings. The minimum absolute atomic E-state index is 0.266. The summed E-state index contributed by atoms with van der Waals surface area (Å²) in [5, 5.41) is 13.3. The van der Waals surface area contributed by atoms with Crippen molar-refractivity contribution in [1.29, 1.82) is 0 Å². The lowest BCUT2D eigenvalue weighted by atomic mass is 10.3. The topological polar surface area (TPSA) is 67.4 Å². The van der Waals surface area contributed by atoms with Crippen LogP contribution in [0.1, 0.15) is 16.3 Å². The van der Waals surface area contributed by atoms with Crippen LogP contribution < -0.4 is 10.6 Å². The molecule has 3 aromatic heterocycles. The third-order valence-corrected chi connectivity index (χ3v) is 5.27. The molecule has 0 aliphatic carbocycles. The Labute approximate surface area is 178 Å². The molecule has 8 heteroatoms. The highest BCUT2D eigenvalue weighted by atomic mass is 32.1. The second kappa shape index (κ2) is 9.89. The summed E-state index contributed by atoms with van der Waals surface area (Å²) in [6, 6.07) is 16.1. The molecule has 0 saturated heterocycles. The van der Waals surface area contributed by atoms with Gasteiger partial charge in [-0.15, -0.1) is 11.3 Å². The average Bonchev–Trinajstić information content (AvgIpc) is 3.53. The van der Waals surface area contributed by atoms with Crippen molar-refractivity contribution in [3.8, 4) is 5.69 Å². The van der Waals surface area contributed by atoms with Gasteiger partial charge in [0.15, 0.2) is 5.96 Å². The molecule has 0 bridgehead atoms. The number of hydrogen-bond donors (Lipinski definition) is 2. The average molecular weight is 424 g/mol. The molecule has 4 rings (SSSR count). The molecule has 1 aromatic carbocycles. The smallest absolute Gasteiger partial charge is 0.191 e. The van der Waals surface area contributed by atoms with Crippen molar-refractivity contribution in [1.82, 2.24) is 20.4 Å². The number of thiophene rings is 1. The number of nitrogens with one attached hydrogen (secondary N) is 2. The number of aromatic nitrogens is 2. The lowest BCUT2D eigenvalue weighted by Crippen LogP contribution is -2.38. The number of guanidine groups is 1. The zero-order valence-electron chi connectivity index (χ0n) is 16.3. The molecule has 0 aliphatic heterocycles. The highest BCUT2D eigenvalue weighted by Crippen LogP contribution is 2.10. The second-order valence-corrected chi connectivity index (χ2v) is 7.61. The fourth-order valence-electron chi connectivity index (χ4n) is 2.86. The third-order valence-electron chi connectivity index (χ3n) is 4.39. The van der Waals surface area contributed by atoms with E-state index in [1.807, 2.05) is 30.5 Å². The Morgan fingerprint density at radius 1 is 1.10 bits per heavy atom. The molecule has 3 heterocycles. The Morgan fingerprint density at radius 3 is 2.77 bits per heavy atom. The number of aliphatic imine (C=N–C) groups is 1. The van der Waals surface area contributed by atoms with Crippen LogP contribution in [0.25, 0.3) is 5.69 Å². The van der Waals surface area contributed by atoms with Crippen molar-refractivity contribution in [2.24, 2.45) is 4.99 Å². The van der Waals surface area contributed by atoms with E-state index in [1.165, 1.54) is 17.0 Å². The normalized spacial score (nSPS) is 11.6. The quantitative estimate of drug-likeness (QED) is 0.330. The molecule has 0 aliphatic rings. The fraction of sp³-hybridized carbons (Fsp3) is 0.182. The molecule has 30 heavy (non-hydrogen) atoms. The van der Waals surface area contributed by atoms with E-state index < -0.39 is 0 Å². The minimum atomic E-state index is -0.266. The van der Waals surface area contributed by atoms with Gasteiger partial charge >= 0.3 is 0 Å². The van der Waals surface area contributed by atoms with Gasteiger partial charge in [-0.3, -0.25) is 0 Å². The van der Waals surface area contributed by atoms with Crippen LogP contribution in [0.4, 0.5) is 4.39 Å². The number of hydrogen-bond acceptors (Lipinski definition) is 4. The monoisotopic (exact) mass is 423 g/mol. The Morgan fingerprint density at radius 2 is 2.00 bits per heavy atom. The van der Waals surface area contributed by atoms with Crippen LogP contribution >= 0.6 is 11.3 Å². The maximum atomic E-state index is 13.1. The standard InChI is InChI=1S/C22H22FN5OS/c23-17-5-7-19(8-6-17)28-12-10-18(27-28)15-25-22(26-16-21-4-2-14-30-21)24-11-9-20-3-1-13-29-20/h1-8,10,12-14H,9,11,15-16H2,(H2,24,25,26). The Balaban J connectivity index is 1.39. The molecule has 6 nitrogen and oxygen atoms in total. The summed E-state index contributed by atoms with van der Waals surface area (Å²) >= 11 is 1.70. The molecule has 2 N–H and O–H groups in total. The molecule has 0 radical (unpaired) electrons. The van der Waals surface area contributed by atoms with Gasteiger partial charge in [0.25, 0.3) is 0 Å². The summed E-state index contributed by atoms with van der Waals surface area (Å²) in [5.41, 5.74) is 1.63. The van der Waals surface area contributed by atoms with E-state index in [1.54, 1.807) is 34.4 Å². The van der Waals surface area contributed by atoms with Crippen LogP contribution in [0.5, 0.6) is 0 Å². The summed E-state index contributed by atoms with van der Waals surface area (Å²) in [5.74, 6) is 1.38. The van der Waals surface area contributed by atoms with Crippen molar-refractivity contribution >= 4 is 17.3 Å². The van der Waals surface area contributed by atoms with Crippen LogP contribution in [-0.2, 0) is 19.5 Å². The van der Waals surface area contributed by atoms with Crippen LogP contribution in [0.15, 0.2) is 81.8 Å². The number of nitrogens with zero attached hydrogens (tertiary/aromatic N) is 3. The Kier molecular flexibility index (Phi) is 6.56. The first-order chi connectivity index (χ1) is 14.8. The third kappa shape index (κ3) is 5.57. The number of benzene rings is 1. The van der Waals surface area contributed by atoms with E-state index in [-0.39, 0.29) is 5.82 Å². The van der Waals surface area contributed by atoms with E-state index in [2.05, 4.69) is 32.2 Å². The van der Waals surface area contributed by atoms with Crippen molar-refractivity contribution < 1.29 is 8.81 Å². The van der Waals surface area contributed by atoms with E-state index in [9.17, 15) is 4.39 Å². The maximum Gasteiger partial charge on any atom is 0.191 e. The first kappa shape index (κ1) is 19.9. The van der Waals surface area contributed by atoms with Gasteiger partial charge in [0, 0.05) is 24.0 Å². The highest BCUT2D eigenvalue weighted by Gasteiger charge is 2.05. The van der Waals surface area contributed by atoms with Gasteiger partial charge in [0.1, 0.15) is 11.6 Å². The van der Waals surface area contributed by atoms with Crippen molar-refractivity contribution in [2.75, 3.05) is 6.54 Å². The molecule has 154 valence electrons. The molecule has 0 atom stereocenters. The first-order valence-corrected chi connectivity index (χ1v) is 10.5. The molecule has 0 saturated carbocycles. The Hall–Kier alpha value is -3.39. The molecular formula is C22H22FN5OS. The van der Waals surface area contributed by atoms with Crippen LogP contribution in [0.3, 0.4) is 0 Å². The second-order valence-electron chi connectivity index (χ2n) is 6.58. The van der Waals surface area contributed by atoms with Crippen LogP contribution in [0, 0.1) is 5.82 Å². The molecule has 0 spiro atoms. The minimum Gasteiger partial charge on any atom is -0.469 e. The predicted octanol–water partition coefficient (Wildman–Crippen LogP) is 4.14. The number of halogens is 1. The van der Waals surface area contributed by atoms with Gasteiger partial charge in [-0.1, -0.05) is 6.07 Å². The molecule has 0 unspecified atom stereocenters. The van der Waals surface area contributed by atoms with E-state index in [0.717, 1.165) is 23.6 Å². The molecule has 0 amide bonds. The SMILES string of the molecule is Fc1ccc(-n2ccc(CN=C(NCCc3ccco3)NCc3cccs3)n2)cc1. The Bertz CT molecular complexity index is 1060.